The smallest absolute Gasteiger partial charge is 0.256 e. The summed E-state index contributed by atoms with van der Waals surface area (Å²) >= 11 is 0. The van der Waals surface area contributed by atoms with Crippen molar-refractivity contribution in [1.82, 2.24) is 24.6 Å². The Balaban J connectivity index is 1.33. The Labute approximate surface area is 189 Å². The molecule has 0 radical (unpaired) electrons. The summed E-state index contributed by atoms with van der Waals surface area (Å²) in [6.45, 7) is 9.55. The van der Waals surface area contributed by atoms with Gasteiger partial charge in [0.1, 0.15) is 0 Å². The van der Waals surface area contributed by atoms with Crippen molar-refractivity contribution >= 4 is 22.6 Å². The van der Waals surface area contributed by atoms with Gasteiger partial charge in [0.2, 0.25) is 0 Å². The number of anilines is 1. The van der Waals surface area contributed by atoms with Gasteiger partial charge < -0.3 is 10.2 Å². The molecule has 1 saturated heterocycles. The van der Waals surface area contributed by atoms with Gasteiger partial charge in [0.25, 0.3) is 5.91 Å². The molecule has 3 aromatic rings. The Hall–Kier alpha value is -2.77. The Morgan fingerprint density at radius 3 is 2.50 bits per heavy atom. The van der Waals surface area contributed by atoms with Crippen LogP contribution in [-0.2, 0) is 6.54 Å². The van der Waals surface area contributed by atoms with Gasteiger partial charge in [-0.3, -0.25) is 9.69 Å². The minimum atomic E-state index is -0.102. The van der Waals surface area contributed by atoms with Gasteiger partial charge in [0, 0.05) is 56.1 Å². The highest BCUT2D eigenvalue weighted by molar-refractivity contribution is 6.12. The fraction of sp³-hybridized carbons (Fsp3) is 0.480. The number of hydrogen-bond acceptors (Lipinski definition) is 5. The summed E-state index contributed by atoms with van der Waals surface area (Å²) in [6, 6.07) is 10.4. The highest BCUT2D eigenvalue weighted by Gasteiger charge is 2.28. The fourth-order valence-corrected chi connectivity index (χ4v) is 4.35. The normalized spacial score (nSPS) is 17.9. The first-order valence-electron chi connectivity index (χ1n) is 11.7. The maximum Gasteiger partial charge on any atom is 0.256 e. The van der Waals surface area contributed by atoms with Crippen LogP contribution >= 0.6 is 0 Å². The summed E-state index contributed by atoms with van der Waals surface area (Å²) in [7, 11) is 2.17. The summed E-state index contributed by atoms with van der Waals surface area (Å²) in [5.74, 6) is 0.366. The molecule has 0 atom stereocenters. The zero-order chi connectivity index (χ0) is 22.2. The molecule has 7 nitrogen and oxygen atoms in total. The molecule has 2 aromatic heterocycles. The number of amides is 1. The van der Waals surface area contributed by atoms with E-state index in [-0.39, 0.29) is 11.9 Å². The van der Waals surface area contributed by atoms with E-state index in [9.17, 15) is 4.79 Å². The van der Waals surface area contributed by atoms with E-state index < -0.39 is 0 Å². The lowest BCUT2D eigenvalue weighted by Crippen LogP contribution is -2.43. The van der Waals surface area contributed by atoms with Crippen molar-refractivity contribution in [2.24, 2.45) is 0 Å². The second kappa shape index (κ2) is 8.64. The number of aromatic nitrogens is 3. The molecule has 1 N–H and O–H groups in total. The van der Waals surface area contributed by atoms with Crippen LogP contribution in [0, 0.1) is 0 Å². The Bertz CT molecular complexity index is 1110. The van der Waals surface area contributed by atoms with E-state index in [0.717, 1.165) is 68.0 Å². The van der Waals surface area contributed by atoms with Gasteiger partial charge in [-0.1, -0.05) is 12.1 Å². The SMILES string of the molecule is CC(C)n1ncc2c(C(=O)Nc3ccc(CN4CCN(C)CC4)cc3)cc(C3CC3)nc21. The van der Waals surface area contributed by atoms with E-state index in [0.29, 0.717) is 11.5 Å². The zero-order valence-corrected chi connectivity index (χ0v) is 19.2. The summed E-state index contributed by atoms with van der Waals surface area (Å²) in [6.07, 6.45) is 4.06. The third-order valence-electron chi connectivity index (χ3n) is 6.53. The van der Waals surface area contributed by atoms with Crippen molar-refractivity contribution in [2.75, 3.05) is 38.5 Å². The van der Waals surface area contributed by atoms with Crippen molar-refractivity contribution in [2.45, 2.75) is 45.2 Å². The van der Waals surface area contributed by atoms with Crippen molar-refractivity contribution in [1.29, 1.82) is 0 Å². The van der Waals surface area contributed by atoms with Gasteiger partial charge in [-0.05, 0) is 57.5 Å². The monoisotopic (exact) mass is 432 g/mol. The van der Waals surface area contributed by atoms with Crippen LogP contribution in [0.4, 0.5) is 5.69 Å². The zero-order valence-electron chi connectivity index (χ0n) is 19.2. The van der Waals surface area contributed by atoms with E-state index in [2.05, 4.69) is 53.2 Å². The van der Waals surface area contributed by atoms with Crippen LogP contribution in [0.1, 0.15) is 60.3 Å². The van der Waals surface area contributed by atoms with Crippen LogP contribution < -0.4 is 5.32 Å². The number of carbonyl (C=O) groups excluding carboxylic acids is 1. The van der Waals surface area contributed by atoms with E-state index in [1.165, 1.54) is 5.56 Å². The van der Waals surface area contributed by atoms with Crippen LogP contribution in [0.15, 0.2) is 36.5 Å². The molecule has 1 aromatic carbocycles. The van der Waals surface area contributed by atoms with E-state index in [4.69, 9.17) is 4.98 Å². The lowest BCUT2D eigenvalue weighted by molar-refractivity contribution is 0.102. The highest BCUT2D eigenvalue weighted by Crippen LogP contribution is 2.40. The molecule has 0 spiro atoms. The summed E-state index contributed by atoms with van der Waals surface area (Å²) in [5.41, 5.74) is 4.55. The largest absolute Gasteiger partial charge is 0.322 e. The molecule has 7 heteroatoms. The van der Waals surface area contributed by atoms with Gasteiger partial charge in [0.15, 0.2) is 5.65 Å². The molecule has 2 fully saturated rings. The maximum atomic E-state index is 13.2. The molecule has 2 aliphatic rings. The number of carbonyl (C=O) groups is 1. The topological polar surface area (TPSA) is 66.3 Å². The fourth-order valence-electron chi connectivity index (χ4n) is 4.35. The molecule has 1 saturated carbocycles. The Kier molecular flexibility index (Phi) is 5.69. The molecule has 168 valence electrons. The number of fused-ring (bicyclic) bond motifs is 1. The molecule has 1 aliphatic heterocycles. The second-order valence-electron chi connectivity index (χ2n) is 9.52. The van der Waals surface area contributed by atoms with Crippen LogP contribution in [0.25, 0.3) is 11.0 Å². The number of likely N-dealkylation sites (N-methyl/N-ethyl adjacent to an activating group) is 1. The van der Waals surface area contributed by atoms with Gasteiger partial charge in [-0.2, -0.15) is 5.10 Å². The number of nitrogens with zero attached hydrogens (tertiary/aromatic N) is 5. The minimum absolute atomic E-state index is 0.102. The maximum absolute atomic E-state index is 13.2. The van der Waals surface area contributed by atoms with Crippen LogP contribution in [0.5, 0.6) is 0 Å². The lowest BCUT2D eigenvalue weighted by Gasteiger charge is -2.32. The molecule has 3 heterocycles. The predicted octanol–water partition coefficient (Wildman–Crippen LogP) is 3.89. The standard InChI is InChI=1S/C25H32N6O/c1-17(2)31-24-22(15-26-31)21(14-23(28-24)19-6-7-19)25(32)27-20-8-4-18(5-9-20)16-30-12-10-29(3)11-13-30/h4-5,8-9,14-15,17,19H,6-7,10-13,16H2,1-3H3,(H,27,32). The number of piperazine rings is 1. The number of benzene rings is 1. The average Bonchev–Trinajstić information content (AvgIpc) is 3.54. The van der Waals surface area contributed by atoms with Gasteiger partial charge in [-0.15, -0.1) is 0 Å². The van der Waals surface area contributed by atoms with E-state index in [1.54, 1.807) is 6.20 Å². The summed E-state index contributed by atoms with van der Waals surface area (Å²) in [5, 5.41) is 8.40. The number of hydrogen-bond donors (Lipinski definition) is 1. The van der Waals surface area contributed by atoms with Crippen molar-refractivity contribution in [3.05, 3.63) is 53.3 Å². The minimum Gasteiger partial charge on any atom is -0.322 e. The highest BCUT2D eigenvalue weighted by atomic mass is 16.1. The first-order chi connectivity index (χ1) is 15.5. The van der Waals surface area contributed by atoms with E-state index in [1.807, 2.05) is 22.9 Å². The van der Waals surface area contributed by atoms with Crippen molar-refractivity contribution in [3.8, 4) is 0 Å². The molecule has 32 heavy (non-hydrogen) atoms. The Morgan fingerprint density at radius 1 is 1.12 bits per heavy atom. The average molecular weight is 433 g/mol. The molecule has 1 amide bonds. The third-order valence-corrected chi connectivity index (χ3v) is 6.53. The lowest BCUT2D eigenvalue weighted by atomic mass is 10.1. The number of pyridine rings is 1. The van der Waals surface area contributed by atoms with Crippen molar-refractivity contribution < 1.29 is 4.79 Å². The van der Waals surface area contributed by atoms with Crippen LogP contribution in [-0.4, -0.2) is 63.7 Å². The third kappa shape index (κ3) is 4.40. The van der Waals surface area contributed by atoms with Crippen molar-refractivity contribution in [3.63, 3.8) is 0 Å². The van der Waals surface area contributed by atoms with Gasteiger partial charge in [0.05, 0.1) is 17.1 Å². The molecule has 0 bridgehead atoms. The van der Waals surface area contributed by atoms with Crippen LogP contribution in [0.3, 0.4) is 0 Å². The van der Waals surface area contributed by atoms with Gasteiger partial charge >= 0.3 is 0 Å². The molecule has 0 unspecified atom stereocenters. The Morgan fingerprint density at radius 2 is 1.84 bits per heavy atom. The first-order valence-corrected chi connectivity index (χ1v) is 11.7. The predicted molar refractivity (Wildman–Crippen MR) is 127 cm³/mol. The quantitative estimate of drug-likeness (QED) is 0.640. The van der Waals surface area contributed by atoms with Crippen LogP contribution in [0.2, 0.25) is 0 Å². The molecule has 5 rings (SSSR count). The summed E-state index contributed by atoms with van der Waals surface area (Å²) < 4.78 is 1.91. The summed E-state index contributed by atoms with van der Waals surface area (Å²) in [4.78, 5) is 22.9. The van der Waals surface area contributed by atoms with E-state index >= 15 is 0 Å². The molecule has 1 aliphatic carbocycles. The number of nitrogens with one attached hydrogen (secondary N) is 1. The first kappa shape index (κ1) is 21.1. The second-order valence-corrected chi connectivity index (χ2v) is 9.52. The molecular formula is C25H32N6O. The molecular weight excluding hydrogens is 400 g/mol. The number of rotatable bonds is 6. The van der Waals surface area contributed by atoms with Gasteiger partial charge in [-0.25, -0.2) is 9.67 Å².